The number of halogens is 2. The Balaban J connectivity index is 2.31. The van der Waals surface area contributed by atoms with Gasteiger partial charge in [-0.1, -0.05) is 22.0 Å². The Labute approximate surface area is 108 Å². The molecule has 0 saturated heterocycles. The molecule has 0 bridgehead atoms. The van der Waals surface area contributed by atoms with Crippen LogP contribution < -0.4 is 0 Å². The van der Waals surface area contributed by atoms with Crippen LogP contribution in [0.4, 0.5) is 0 Å². The monoisotopic (exact) mass is 299 g/mol. The average Bonchev–Trinajstić information content (AvgIpc) is 2.71. The van der Waals surface area contributed by atoms with Crippen molar-refractivity contribution in [2.75, 3.05) is 5.88 Å². The van der Waals surface area contributed by atoms with Crippen LogP contribution in [0.25, 0.3) is 11.3 Å². The van der Waals surface area contributed by atoms with E-state index in [4.69, 9.17) is 16.0 Å². The Hall–Kier alpha value is -0.800. The van der Waals surface area contributed by atoms with Crippen molar-refractivity contribution in [3.63, 3.8) is 0 Å². The first-order chi connectivity index (χ1) is 7.70. The maximum Gasteiger partial charge on any atom is 0.196 e. The minimum absolute atomic E-state index is 0.527. The van der Waals surface area contributed by atoms with Crippen LogP contribution in [-0.2, 0) is 6.42 Å². The third-order valence-electron chi connectivity index (χ3n) is 2.30. The molecular weight excluding hydrogens is 289 g/mol. The number of aromatic nitrogens is 1. The standard InChI is InChI=1S/C12H11BrClNO/c1-8-6-9(2-3-10(8)13)11-7-15-12(16-11)4-5-14/h2-3,6-7H,4-5H2,1H3. The molecule has 0 aliphatic carbocycles. The van der Waals surface area contributed by atoms with Gasteiger partial charge in [-0.3, -0.25) is 0 Å². The maximum atomic E-state index is 5.63. The summed E-state index contributed by atoms with van der Waals surface area (Å²) in [5.74, 6) is 2.00. The van der Waals surface area contributed by atoms with Crippen LogP contribution in [0, 0.1) is 6.92 Å². The quantitative estimate of drug-likeness (QED) is 0.794. The van der Waals surface area contributed by atoms with E-state index in [2.05, 4.69) is 27.0 Å². The van der Waals surface area contributed by atoms with Crippen molar-refractivity contribution in [2.45, 2.75) is 13.3 Å². The lowest BCUT2D eigenvalue weighted by molar-refractivity contribution is 0.514. The van der Waals surface area contributed by atoms with Crippen LogP contribution in [0.1, 0.15) is 11.5 Å². The predicted molar refractivity (Wildman–Crippen MR) is 68.8 cm³/mol. The summed E-state index contributed by atoms with van der Waals surface area (Å²) >= 11 is 9.10. The molecule has 0 aliphatic heterocycles. The summed E-state index contributed by atoms with van der Waals surface area (Å²) in [5.41, 5.74) is 2.21. The van der Waals surface area contributed by atoms with E-state index in [-0.39, 0.29) is 0 Å². The number of hydrogen-bond acceptors (Lipinski definition) is 2. The number of oxazole rings is 1. The molecule has 4 heteroatoms. The minimum atomic E-state index is 0.527. The molecule has 1 aromatic carbocycles. The second-order valence-electron chi connectivity index (χ2n) is 3.52. The van der Waals surface area contributed by atoms with Gasteiger partial charge in [-0.2, -0.15) is 0 Å². The number of alkyl halides is 1. The summed E-state index contributed by atoms with van der Waals surface area (Å²) in [4.78, 5) is 4.17. The van der Waals surface area contributed by atoms with Gasteiger partial charge in [0.15, 0.2) is 11.7 Å². The van der Waals surface area contributed by atoms with Crippen molar-refractivity contribution in [1.82, 2.24) is 4.98 Å². The molecule has 0 aliphatic rings. The van der Waals surface area contributed by atoms with Gasteiger partial charge in [0.1, 0.15) is 0 Å². The summed E-state index contributed by atoms with van der Waals surface area (Å²) in [6.45, 7) is 2.05. The van der Waals surface area contributed by atoms with Gasteiger partial charge in [-0.15, -0.1) is 11.6 Å². The molecule has 0 atom stereocenters. The Bertz CT molecular complexity index is 496. The molecule has 0 spiro atoms. The molecule has 0 unspecified atom stereocenters. The molecule has 0 N–H and O–H groups in total. The summed E-state index contributed by atoms with van der Waals surface area (Å²) in [6.07, 6.45) is 2.40. The third kappa shape index (κ3) is 2.47. The zero-order valence-electron chi connectivity index (χ0n) is 8.84. The fourth-order valence-corrected chi connectivity index (χ4v) is 1.85. The van der Waals surface area contributed by atoms with Gasteiger partial charge in [-0.05, 0) is 24.6 Å². The fraction of sp³-hybridized carbons (Fsp3) is 0.250. The summed E-state index contributed by atoms with van der Waals surface area (Å²) in [6, 6.07) is 6.07. The van der Waals surface area contributed by atoms with E-state index in [9.17, 15) is 0 Å². The van der Waals surface area contributed by atoms with E-state index < -0.39 is 0 Å². The zero-order valence-corrected chi connectivity index (χ0v) is 11.2. The Kier molecular flexibility index (Phi) is 3.66. The minimum Gasteiger partial charge on any atom is -0.441 e. The van der Waals surface area contributed by atoms with Crippen molar-refractivity contribution in [1.29, 1.82) is 0 Å². The maximum absolute atomic E-state index is 5.63. The second-order valence-corrected chi connectivity index (χ2v) is 4.75. The van der Waals surface area contributed by atoms with Gasteiger partial charge in [0.2, 0.25) is 0 Å². The van der Waals surface area contributed by atoms with Crippen molar-refractivity contribution in [3.8, 4) is 11.3 Å². The highest BCUT2D eigenvalue weighted by molar-refractivity contribution is 9.10. The van der Waals surface area contributed by atoms with E-state index in [1.807, 2.05) is 19.1 Å². The lowest BCUT2D eigenvalue weighted by atomic mass is 10.1. The third-order valence-corrected chi connectivity index (χ3v) is 3.38. The predicted octanol–water partition coefficient (Wildman–Crippen LogP) is 4.19. The molecule has 16 heavy (non-hydrogen) atoms. The first-order valence-corrected chi connectivity index (χ1v) is 6.30. The normalized spacial score (nSPS) is 10.7. The van der Waals surface area contributed by atoms with Gasteiger partial charge >= 0.3 is 0 Å². The molecule has 2 aromatic rings. The van der Waals surface area contributed by atoms with E-state index in [1.54, 1.807) is 6.20 Å². The number of hydrogen-bond donors (Lipinski definition) is 0. The van der Waals surface area contributed by atoms with Crippen LogP contribution in [0.3, 0.4) is 0 Å². The lowest BCUT2D eigenvalue weighted by Crippen LogP contribution is -1.83. The number of aryl methyl sites for hydroxylation is 2. The van der Waals surface area contributed by atoms with Crippen molar-refractivity contribution < 1.29 is 4.42 Å². The highest BCUT2D eigenvalue weighted by Crippen LogP contribution is 2.25. The molecule has 1 aromatic heterocycles. The molecule has 0 radical (unpaired) electrons. The van der Waals surface area contributed by atoms with Gasteiger partial charge in [-0.25, -0.2) is 4.98 Å². The highest BCUT2D eigenvalue weighted by Gasteiger charge is 2.06. The topological polar surface area (TPSA) is 26.0 Å². The smallest absolute Gasteiger partial charge is 0.196 e. The first-order valence-electron chi connectivity index (χ1n) is 4.98. The van der Waals surface area contributed by atoms with Crippen LogP contribution in [0.5, 0.6) is 0 Å². The van der Waals surface area contributed by atoms with Crippen LogP contribution in [0.15, 0.2) is 33.3 Å². The molecule has 0 saturated carbocycles. The van der Waals surface area contributed by atoms with Gasteiger partial charge in [0, 0.05) is 22.3 Å². The Morgan fingerprint density at radius 3 is 2.94 bits per heavy atom. The average molecular weight is 301 g/mol. The lowest BCUT2D eigenvalue weighted by Gasteiger charge is -2.00. The summed E-state index contributed by atoms with van der Waals surface area (Å²) in [5, 5.41) is 0. The van der Waals surface area contributed by atoms with Gasteiger partial charge in [0.25, 0.3) is 0 Å². The second kappa shape index (κ2) is 5.02. The van der Waals surface area contributed by atoms with Crippen molar-refractivity contribution in [3.05, 3.63) is 40.3 Å². The van der Waals surface area contributed by atoms with Gasteiger partial charge < -0.3 is 4.42 Å². The zero-order chi connectivity index (χ0) is 11.5. The molecule has 0 amide bonds. The first kappa shape index (κ1) is 11.7. The van der Waals surface area contributed by atoms with Crippen LogP contribution in [-0.4, -0.2) is 10.9 Å². The van der Waals surface area contributed by atoms with Crippen LogP contribution in [0.2, 0.25) is 0 Å². The Morgan fingerprint density at radius 2 is 2.25 bits per heavy atom. The highest BCUT2D eigenvalue weighted by atomic mass is 79.9. The van der Waals surface area contributed by atoms with E-state index in [0.717, 1.165) is 15.8 Å². The van der Waals surface area contributed by atoms with E-state index in [1.165, 1.54) is 5.56 Å². The van der Waals surface area contributed by atoms with E-state index in [0.29, 0.717) is 18.2 Å². The van der Waals surface area contributed by atoms with Crippen molar-refractivity contribution in [2.24, 2.45) is 0 Å². The summed E-state index contributed by atoms with van der Waals surface area (Å²) in [7, 11) is 0. The molecule has 84 valence electrons. The number of benzene rings is 1. The Morgan fingerprint density at radius 1 is 1.44 bits per heavy atom. The number of rotatable bonds is 3. The summed E-state index contributed by atoms with van der Waals surface area (Å²) < 4.78 is 6.69. The molecule has 1 heterocycles. The molecular formula is C12H11BrClNO. The number of nitrogens with zero attached hydrogens (tertiary/aromatic N) is 1. The van der Waals surface area contributed by atoms with Gasteiger partial charge in [0.05, 0.1) is 6.20 Å². The molecule has 2 rings (SSSR count). The SMILES string of the molecule is Cc1cc(-c2cnc(CCCl)o2)ccc1Br. The fourth-order valence-electron chi connectivity index (χ4n) is 1.44. The molecule has 2 nitrogen and oxygen atoms in total. The molecule has 0 fully saturated rings. The van der Waals surface area contributed by atoms with Crippen molar-refractivity contribution >= 4 is 27.5 Å². The van der Waals surface area contributed by atoms with Crippen LogP contribution >= 0.6 is 27.5 Å². The van der Waals surface area contributed by atoms with E-state index >= 15 is 0 Å². The largest absolute Gasteiger partial charge is 0.441 e.